The lowest BCUT2D eigenvalue weighted by atomic mass is 9.69. The van der Waals surface area contributed by atoms with Crippen molar-refractivity contribution in [2.24, 2.45) is 5.73 Å². The van der Waals surface area contributed by atoms with Crippen molar-refractivity contribution in [3.8, 4) is 0 Å². The molecule has 1 heterocycles. The van der Waals surface area contributed by atoms with Crippen molar-refractivity contribution in [3.05, 3.63) is 35.4 Å². The third-order valence-corrected chi connectivity index (χ3v) is 3.88. The number of rotatable bonds is 3. The Hall–Kier alpha value is -0.860. The molecular weight excluding hydrogens is 210 g/mol. The van der Waals surface area contributed by atoms with Gasteiger partial charge in [0, 0.05) is 24.7 Å². The zero-order valence-corrected chi connectivity index (χ0v) is 10.9. The van der Waals surface area contributed by atoms with E-state index in [4.69, 9.17) is 10.5 Å². The Morgan fingerprint density at radius 2 is 1.94 bits per heavy atom. The molecule has 1 aromatic rings. The lowest BCUT2D eigenvalue weighted by molar-refractivity contribution is 0.0447. The van der Waals surface area contributed by atoms with Gasteiger partial charge in [-0.05, 0) is 44.2 Å². The molecule has 0 radical (unpaired) electrons. The number of benzene rings is 1. The summed E-state index contributed by atoms with van der Waals surface area (Å²) < 4.78 is 5.53. The Labute approximate surface area is 104 Å². The Bertz CT molecular complexity index is 367. The molecule has 17 heavy (non-hydrogen) atoms. The number of aryl methyl sites for hydroxylation is 1. The molecule has 1 fully saturated rings. The first-order valence-corrected chi connectivity index (χ1v) is 6.53. The van der Waals surface area contributed by atoms with Gasteiger partial charge >= 0.3 is 0 Å². The summed E-state index contributed by atoms with van der Waals surface area (Å²) in [7, 11) is 0. The summed E-state index contributed by atoms with van der Waals surface area (Å²) in [5.41, 5.74) is 9.15. The zero-order chi connectivity index (χ0) is 12.3. The van der Waals surface area contributed by atoms with Crippen LogP contribution in [0.1, 0.15) is 37.3 Å². The average Bonchev–Trinajstić information content (AvgIpc) is 2.29. The molecule has 1 saturated heterocycles. The quantitative estimate of drug-likeness (QED) is 0.871. The zero-order valence-electron chi connectivity index (χ0n) is 10.9. The minimum Gasteiger partial charge on any atom is -0.381 e. The Balaban J connectivity index is 2.35. The summed E-state index contributed by atoms with van der Waals surface area (Å²) in [5, 5.41) is 0. The van der Waals surface area contributed by atoms with Crippen molar-refractivity contribution in [1.82, 2.24) is 0 Å². The first kappa shape index (κ1) is 12.6. The van der Waals surface area contributed by atoms with Crippen molar-refractivity contribution in [3.63, 3.8) is 0 Å². The molecule has 1 aromatic carbocycles. The van der Waals surface area contributed by atoms with Gasteiger partial charge in [-0.25, -0.2) is 0 Å². The highest BCUT2D eigenvalue weighted by molar-refractivity contribution is 5.34. The fourth-order valence-electron chi connectivity index (χ4n) is 3.13. The van der Waals surface area contributed by atoms with Crippen LogP contribution in [0, 0.1) is 6.92 Å². The molecule has 2 nitrogen and oxygen atoms in total. The Kier molecular flexibility index (Phi) is 3.85. The van der Waals surface area contributed by atoms with E-state index in [1.54, 1.807) is 0 Å². The molecule has 1 aliphatic heterocycles. The highest BCUT2D eigenvalue weighted by Gasteiger charge is 2.35. The predicted octanol–water partition coefficient (Wildman–Crippen LogP) is 2.78. The number of nitrogens with two attached hydrogens (primary N) is 1. The lowest BCUT2D eigenvalue weighted by Crippen LogP contribution is -2.39. The monoisotopic (exact) mass is 233 g/mol. The van der Waals surface area contributed by atoms with E-state index in [1.165, 1.54) is 11.1 Å². The van der Waals surface area contributed by atoms with Gasteiger partial charge in [-0.3, -0.25) is 0 Å². The molecule has 1 atom stereocenters. The van der Waals surface area contributed by atoms with E-state index < -0.39 is 0 Å². The van der Waals surface area contributed by atoms with Crippen LogP contribution >= 0.6 is 0 Å². The third-order valence-electron chi connectivity index (χ3n) is 3.88. The second kappa shape index (κ2) is 5.19. The van der Waals surface area contributed by atoms with Crippen LogP contribution in [0.2, 0.25) is 0 Å². The van der Waals surface area contributed by atoms with Gasteiger partial charge in [0.2, 0.25) is 0 Å². The molecule has 2 heteroatoms. The first-order chi connectivity index (χ1) is 8.14. The lowest BCUT2D eigenvalue weighted by Gasteiger charge is -2.40. The van der Waals surface area contributed by atoms with Crippen molar-refractivity contribution in [2.45, 2.75) is 44.6 Å². The molecule has 2 rings (SSSR count). The van der Waals surface area contributed by atoms with Crippen molar-refractivity contribution in [2.75, 3.05) is 13.2 Å². The molecule has 0 bridgehead atoms. The molecule has 0 aromatic heterocycles. The second-order valence-corrected chi connectivity index (χ2v) is 5.39. The maximum Gasteiger partial charge on any atom is 0.0474 e. The second-order valence-electron chi connectivity index (χ2n) is 5.39. The molecule has 0 saturated carbocycles. The van der Waals surface area contributed by atoms with E-state index in [2.05, 4.69) is 38.1 Å². The predicted molar refractivity (Wildman–Crippen MR) is 71.2 cm³/mol. The topological polar surface area (TPSA) is 35.2 Å². The minimum atomic E-state index is 0.234. The average molecular weight is 233 g/mol. The summed E-state index contributed by atoms with van der Waals surface area (Å²) in [4.78, 5) is 0. The van der Waals surface area contributed by atoms with Crippen molar-refractivity contribution >= 4 is 0 Å². The maximum absolute atomic E-state index is 6.06. The van der Waals surface area contributed by atoms with Crippen LogP contribution in [0.15, 0.2) is 24.3 Å². The molecule has 0 aliphatic carbocycles. The van der Waals surface area contributed by atoms with Crippen LogP contribution in [0.25, 0.3) is 0 Å². The fraction of sp³-hybridized carbons (Fsp3) is 0.600. The molecule has 1 aliphatic rings. The van der Waals surface area contributed by atoms with Gasteiger partial charge < -0.3 is 10.5 Å². The SMILES string of the molecule is Cc1ccccc1C1(CC(C)N)CCOCC1. The Morgan fingerprint density at radius 1 is 1.29 bits per heavy atom. The first-order valence-electron chi connectivity index (χ1n) is 6.53. The molecule has 2 N–H and O–H groups in total. The van der Waals surface area contributed by atoms with Crippen molar-refractivity contribution in [1.29, 1.82) is 0 Å². The summed E-state index contributed by atoms with van der Waals surface area (Å²) >= 11 is 0. The maximum atomic E-state index is 6.06. The highest BCUT2D eigenvalue weighted by Crippen LogP contribution is 2.40. The smallest absolute Gasteiger partial charge is 0.0474 e. The number of hydrogen-bond donors (Lipinski definition) is 1. The summed E-state index contributed by atoms with van der Waals surface area (Å²) in [6.07, 6.45) is 3.25. The van der Waals surface area contributed by atoms with Gasteiger partial charge in [0.05, 0.1) is 0 Å². The summed E-state index contributed by atoms with van der Waals surface area (Å²) in [5.74, 6) is 0. The van der Waals surface area contributed by atoms with Gasteiger partial charge in [-0.1, -0.05) is 24.3 Å². The largest absolute Gasteiger partial charge is 0.381 e. The molecule has 0 spiro atoms. The normalized spacial score (nSPS) is 21.1. The third kappa shape index (κ3) is 2.70. The molecule has 0 amide bonds. The van der Waals surface area contributed by atoms with E-state index in [9.17, 15) is 0 Å². The van der Waals surface area contributed by atoms with Gasteiger partial charge in [-0.2, -0.15) is 0 Å². The van der Waals surface area contributed by atoms with Gasteiger partial charge in [-0.15, -0.1) is 0 Å². The van der Waals surface area contributed by atoms with E-state index in [0.717, 1.165) is 32.5 Å². The highest BCUT2D eigenvalue weighted by atomic mass is 16.5. The van der Waals surface area contributed by atoms with E-state index in [0.29, 0.717) is 0 Å². The van der Waals surface area contributed by atoms with Gasteiger partial charge in [0.1, 0.15) is 0 Å². The van der Waals surface area contributed by atoms with Gasteiger partial charge in [0.25, 0.3) is 0 Å². The van der Waals surface area contributed by atoms with Crippen LogP contribution in [-0.2, 0) is 10.2 Å². The standard InChI is InChI=1S/C15H23NO/c1-12-5-3-4-6-14(12)15(11-13(2)16)7-9-17-10-8-15/h3-6,13H,7-11,16H2,1-2H3. The van der Waals surface area contributed by atoms with Crippen LogP contribution < -0.4 is 5.73 Å². The fourth-order valence-corrected chi connectivity index (χ4v) is 3.13. The van der Waals surface area contributed by atoms with Crippen LogP contribution in [0.3, 0.4) is 0 Å². The van der Waals surface area contributed by atoms with E-state index in [-0.39, 0.29) is 11.5 Å². The summed E-state index contributed by atoms with van der Waals surface area (Å²) in [6, 6.07) is 8.96. The van der Waals surface area contributed by atoms with Gasteiger partial charge in [0.15, 0.2) is 0 Å². The van der Waals surface area contributed by atoms with Crippen LogP contribution in [0.5, 0.6) is 0 Å². The molecular formula is C15H23NO. The summed E-state index contributed by atoms with van der Waals surface area (Å²) in [6.45, 7) is 6.03. The molecule has 1 unspecified atom stereocenters. The molecule has 94 valence electrons. The minimum absolute atomic E-state index is 0.234. The van der Waals surface area contributed by atoms with E-state index >= 15 is 0 Å². The van der Waals surface area contributed by atoms with Crippen molar-refractivity contribution < 1.29 is 4.74 Å². The number of ether oxygens (including phenoxy) is 1. The van der Waals surface area contributed by atoms with E-state index in [1.807, 2.05) is 0 Å². The Morgan fingerprint density at radius 3 is 2.53 bits per heavy atom. The van der Waals surface area contributed by atoms with Crippen LogP contribution in [0.4, 0.5) is 0 Å². The number of hydrogen-bond acceptors (Lipinski definition) is 2. The van der Waals surface area contributed by atoms with Crippen LogP contribution in [-0.4, -0.2) is 19.3 Å².